The van der Waals surface area contributed by atoms with E-state index < -0.39 is 0 Å². The van der Waals surface area contributed by atoms with E-state index in [2.05, 4.69) is 5.32 Å². The number of aryl methyl sites for hydroxylation is 1. The van der Waals surface area contributed by atoms with Gasteiger partial charge < -0.3 is 15.8 Å². The molecule has 2 rings (SSSR count). The van der Waals surface area contributed by atoms with Crippen LogP contribution in [0.5, 0.6) is 5.75 Å². The Labute approximate surface area is 135 Å². The molecule has 0 aliphatic rings. The van der Waals surface area contributed by atoms with Crippen LogP contribution in [-0.4, -0.2) is 11.9 Å². The fourth-order valence-corrected chi connectivity index (χ4v) is 2.14. The molecule has 0 aliphatic carbocycles. The van der Waals surface area contributed by atoms with Crippen LogP contribution in [0.3, 0.4) is 0 Å². The second-order valence-electron chi connectivity index (χ2n) is 5.52. The first kappa shape index (κ1) is 17.0. The summed E-state index contributed by atoms with van der Waals surface area (Å²) in [5.41, 5.74) is 8.01. The molecule has 0 bridgehead atoms. The zero-order chi connectivity index (χ0) is 16.8. The van der Waals surface area contributed by atoms with Crippen LogP contribution in [0.15, 0.2) is 42.5 Å². The Kier molecular flexibility index (Phi) is 5.71. The third-order valence-corrected chi connectivity index (χ3v) is 3.56. The van der Waals surface area contributed by atoms with Crippen molar-refractivity contribution in [3.63, 3.8) is 0 Å². The predicted octanol–water partition coefficient (Wildman–Crippen LogP) is 2.68. The molecule has 3 N–H and O–H groups in total. The molecular weight excluding hydrogens is 295 g/mol. The third kappa shape index (κ3) is 5.07. The molecule has 122 valence electrons. The topological polar surface area (TPSA) is 64.3 Å². The average molecular weight is 316 g/mol. The van der Waals surface area contributed by atoms with Crippen molar-refractivity contribution in [2.45, 2.75) is 33.0 Å². The summed E-state index contributed by atoms with van der Waals surface area (Å²) in [5.74, 6) is 0.102. The highest BCUT2D eigenvalue weighted by atomic mass is 19.1. The number of ether oxygens (including phenoxy) is 1. The Bertz CT molecular complexity index is 688. The molecule has 5 heteroatoms. The Hall–Kier alpha value is -2.40. The maximum Gasteiger partial charge on any atom is 0.234 e. The molecule has 2 aromatic carbocycles. The number of hydrogen-bond acceptors (Lipinski definition) is 3. The minimum Gasteiger partial charge on any atom is -0.489 e. The third-order valence-electron chi connectivity index (χ3n) is 3.56. The summed E-state index contributed by atoms with van der Waals surface area (Å²) in [6.07, 6.45) is 0. The molecule has 1 unspecified atom stereocenters. The number of carbonyl (C=O) groups is 1. The van der Waals surface area contributed by atoms with Gasteiger partial charge in [-0.1, -0.05) is 24.3 Å². The first-order valence-corrected chi connectivity index (χ1v) is 7.45. The standard InChI is InChI=1S/C18H21FN2O2/c1-12-8-14(10-21-13(2)18(20)22)6-7-17(12)23-11-15-4-3-5-16(19)9-15/h3-9,13,21H,10-11H2,1-2H3,(H2,20,22). The monoisotopic (exact) mass is 316 g/mol. The van der Waals surface area contributed by atoms with Gasteiger partial charge >= 0.3 is 0 Å². The summed E-state index contributed by atoms with van der Waals surface area (Å²) in [6, 6.07) is 11.8. The van der Waals surface area contributed by atoms with Crippen molar-refractivity contribution >= 4 is 5.91 Å². The second-order valence-corrected chi connectivity index (χ2v) is 5.52. The number of nitrogens with two attached hydrogens (primary N) is 1. The van der Waals surface area contributed by atoms with Gasteiger partial charge in [-0.15, -0.1) is 0 Å². The van der Waals surface area contributed by atoms with Gasteiger partial charge in [0.15, 0.2) is 0 Å². The molecular formula is C18H21FN2O2. The van der Waals surface area contributed by atoms with Crippen LogP contribution in [0.1, 0.15) is 23.6 Å². The Morgan fingerprint density at radius 2 is 2.04 bits per heavy atom. The molecule has 2 aromatic rings. The molecule has 0 aliphatic heterocycles. The molecule has 23 heavy (non-hydrogen) atoms. The van der Waals surface area contributed by atoms with Crippen molar-refractivity contribution in [1.82, 2.24) is 5.32 Å². The summed E-state index contributed by atoms with van der Waals surface area (Å²) >= 11 is 0. The van der Waals surface area contributed by atoms with Gasteiger partial charge in [-0.05, 0) is 48.7 Å². The number of amides is 1. The van der Waals surface area contributed by atoms with E-state index in [-0.39, 0.29) is 17.8 Å². The van der Waals surface area contributed by atoms with Gasteiger partial charge in [0.1, 0.15) is 18.2 Å². The lowest BCUT2D eigenvalue weighted by Gasteiger charge is -2.13. The Morgan fingerprint density at radius 3 is 2.70 bits per heavy atom. The van der Waals surface area contributed by atoms with Gasteiger partial charge in [-0.25, -0.2) is 4.39 Å². The Balaban J connectivity index is 1.95. The van der Waals surface area contributed by atoms with Crippen LogP contribution >= 0.6 is 0 Å². The number of halogens is 1. The van der Waals surface area contributed by atoms with Gasteiger partial charge in [0.25, 0.3) is 0 Å². The average Bonchev–Trinajstić information content (AvgIpc) is 2.51. The SMILES string of the molecule is Cc1cc(CNC(C)C(N)=O)ccc1OCc1cccc(F)c1. The number of rotatable bonds is 7. The molecule has 0 saturated heterocycles. The second kappa shape index (κ2) is 7.74. The van der Waals surface area contributed by atoms with Crippen molar-refractivity contribution < 1.29 is 13.9 Å². The van der Waals surface area contributed by atoms with Gasteiger partial charge in [0, 0.05) is 6.54 Å². The summed E-state index contributed by atoms with van der Waals surface area (Å²) < 4.78 is 18.9. The van der Waals surface area contributed by atoms with E-state index in [1.165, 1.54) is 12.1 Å². The van der Waals surface area contributed by atoms with Crippen molar-refractivity contribution in [1.29, 1.82) is 0 Å². The number of carbonyl (C=O) groups excluding carboxylic acids is 1. The molecule has 0 fully saturated rings. The highest BCUT2D eigenvalue weighted by molar-refractivity contribution is 5.79. The van der Waals surface area contributed by atoms with E-state index in [1.807, 2.05) is 31.2 Å². The van der Waals surface area contributed by atoms with Gasteiger partial charge in [-0.3, -0.25) is 4.79 Å². The molecule has 0 aromatic heterocycles. The zero-order valence-corrected chi connectivity index (χ0v) is 13.3. The van der Waals surface area contributed by atoms with E-state index in [0.29, 0.717) is 13.2 Å². The molecule has 1 amide bonds. The van der Waals surface area contributed by atoms with Crippen molar-refractivity contribution in [3.05, 3.63) is 65.0 Å². The zero-order valence-electron chi connectivity index (χ0n) is 13.3. The summed E-state index contributed by atoms with van der Waals surface area (Å²) in [7, 11) is 0. The summed E-state index contributed by atoms with van der Waals surface area (Å²) in [6.45, 7) is 4.54. The van der Waals surface area contributed by atoms with Crippen LogP contribution in [-0.2, 0) is 17.9 Å². The normalized spacial score (nSPS) is 12.0. The Morgan fingerprint density at radius 1 is 1.26 bits per heavy atom. The molecule has 0 radical (unpaired) electrons. The maximum atomic E-state index is 13.1. The number of primary amides is 1. The number of nitrogens with one attached hydrogen (secondary N) is 1. The van der Waals surface area contributed by atoms with Crippen LogP contribution < -0.4 is 15.8 Å². The fraction of sp³-hybridized carbons (Fsp3) is 0.278. The van der Waals surface area contributed by atoms with E-state index in [9.17, 15) is 9.18 Å². The smallest absolute Gasteiger partial charge is 0.234 e. The lowest BCUT2D eigenvalue weighted by molar-refractivity contribution is -0.119. The van der Waals surface area contributed by atoms with Gasteiger partial charge in [0.05, 0.1) is 6.04 Å². The highest BCUT2D eigenvalue weighted by Crippen LogP contribution is 2.20. The highest BCUT2D eigenvalue weighted by Gasteiger charge is 2.08. The first-order chi connectivity index (χ1) is 11.0. The number of benzene rings is 2. The summed E-state index contributed by atoms with van der Waals surface area (Å²) in [4.78, 5) is 11.0. The first-order valence-electron chi connectivity index (χ1n) is 7.45. The maximum absolute atomic E-state index is 13.1. The van der Waals surface area contributed by atoms with Crippen molar-refractivity contribution in [2.75, 3.05) is 0 Å². The van der Waals surface area contributed by atoms with Crippen LogP contribution in [0, 0.1) is 12.7 Å². The number of hydrogen-bond donors (Lipinski definition) is 2. The van der Waals surface area contributed by atoms with Crippen LogP contribution in [0.4, 0.5) is 4.39 Å². The van der Waals surface area contributed by atoms with E-state index in [1.54, 1.807) is 13.0 Å². The molecule has 1 atom stereocenters. The van der Waals surface area contributed by atoms with Gasteiger partial charge in [-0.2, -0.15) is 0 Å². The largest absolute Gasteiger partial charge is 0.489 e. The minimum atomic E-state index is -0.378. The van der Waals surface area contributed by atoms with E-state index in [4.69, 9.17) is 10.5 Å². The van der Waals surface area contributed by atoms with Crippen molar-refractivity contribution in [3.8, 4) is 5.75 Å². The van der Waals surface area contributed by atoms with Crippen LogP contribution in [0.2, 0.25) is 0 Å². The van der Waals surface area contributed by atoms with Crippen molar-refractivity contribution in [2.24, 2.45) is 5.73 Å². The predicted molar refractivity (Wildman–Crippen MR) is 87.4 cm³/mol. The van der Waals surface area contributed by atoms with E-state index >= 15 is 0 Å². The fourth-order valence-electron chi connectivity index (χ4n) is 2.14. The molecule has 0 spiro atoms. The molecule has 0 heterocycles. The molecule has 4 nitrogen and oxygen atoms in total. The summed E-state index contributed by atoms with van der Waals surface area (Å²) in [5, 5.41) is 3.05. The quantitative estimate of drug-likeness (QED) is 0.825. The minimum absolute atomic E-state index is 0.271. The van der Waals surface area contributed by atoms with E-state index in [0.717, 1.165) is 22.4 Å². The van der Waals surface area contributed by atoms with Crippen LogP contribution in [0.25, 0.3) is 0 Å². The lowest BCUT2D eigenvalue weighted by atomic mass is 10.1. The lowest BCUT2D eigenvalue weighted by Crippen LogP contribution is -2.38. The van der Waals surface area contributed by atoms with Gasteiger partial charge in [0.2, 0.25) is 5.91 Å². The molecule has 0 saturated carbocycles.